The quantitative estimate of drug-likeness (QED) is 0.800. The Morgan fingerprint density at radius 1 is 1.14 bits per heavy atom. The van der Waals surface area contributed by atoms with E-state index in [0.717, 1.165) is 18.4 Å². The summed E-state index contributed by atoms with van der Waals surface area (Å²) in [7, 11) is 0. The average molecular weight is 283 g/mol. The molecule has 110 valence electrons. The third-order valence-electron chi connectivity index (χ3n) is 3.32. The fourth-order valence-corrected chi connectivity index (χ4v) is 2.12. The van der Waals surface area contributed by atoms with Crippen LogP contribution in [0, 0.1) is 0 Å². The van der Waals surface area contributed by atoms with Crippen molar-refractivity contribution in [3.8, 4) is 0 Å². The number of benzene rings is 1. The SMILES string of the molecule is CC(NC(=O)NCCCc1ccccc1)c1ccncc1. The number of nitrogens with one attached hydrogen (secondary N) is 2. The minimum absolute atomic E-state index is 0.0258. The van der Waals surface area contributed by atoms with Gasteiger partial charge in [0.25, 0.3) is 0 Å². The molecule has 0 bridgehead atoms. The minimum atomic E-state index is -0.132. The van der Waals surface area contributed by atoms with E-state index < -0.39 is 0 Å². The topological polar surface area (TPSA) is 54.0 Å². The first kappa shape index (κ1) is 15.0. The number of urea groups is 1. The summed E-state index contributed by atoms with van der Waals surface area (Å²) in [6.45, 7) is 2.63. The fourth-order valence-electron chi connectivity index (χ4n) is 2.12. The number of aryl methyl sites for hydroxylation is 1. The monoisotopic (exact) mass is 283 g/mol. The second kappa shape index (κ2) is 8.04. The van der Waals surface area contributed by atoms with Crippen molar-refractivity contribution < 1.29 is 4.79 Å². The van der Waals surface area contributed by atoms with Crippen LogP contribution in [0.2, 0.25) is 0 Å². The number of carbonyl (C=O) groups excluding carboxylic acids is 1. The van der Waals surface area contributed by atoms with E-state index in [9.17, 15) is 4.79 Å². The number of nitrogens with zero attached hydrogens (tertiary/aromatic N) is 1. The van der Waals surface area contributed by atoms with Crippen LogP contribution in [0.3, 0.4) is 0 Å². The van der Waals surface area contributed by atoms with Crippen molar-refractivity contribution in [3.63, 3.8) is 0 Å². The third-order valence-corrected chi connectivity index (χ3v) is 3.32. The zero-order valence-corrected chi connectivity index (χ0v) is 12.3. The van der Waals surface area contributed by atoms with Crippen LogP contribution in [0.4, 0.5) is 4.79 Å². The van der Waals surface area contributed by atoms with E-state index >= 15 is 0 Å². The number of hydrogen-bond acceptors (Lipinski definition) is 2. The highest BCUT2D eigenvalue weighted by molar-refractivity contribution is 5.74. The predicted octanol–water partition coefficient (Wildman–Crippen LogP) is 3.07. The van der Waals surface area contributed by atoms with Gasteiger partial charge in [-0.05, 0) is 43.0 Å². The van der Waals surface area contributed by atoms with Crippen molar-refractivity contribution >= 4 is 6.03 Å². The van der Waals surface area contributed by atoms with E-state index in [0.29, 0.717) is 6.54 Å². The Labute approximate surface area is 125 Å². The Morgan fingerprint density at radius 2 is 1.86 bits per heavy atom. The first-order valence-electron chi connectivity index (χ1n) is 7.24. The Balaban J connectivity index is 1.66. The van der Waals surface area contributed by atoms with Crippen LogP contribution in [-0.4, -0.2) is 17.6 Å². The Hall–Kier alpha value is -2.36. The normalized spacial score (nSPS) is 11.7. The third kappa shape index (κ3) is 5.26. The van der Waals surface area contributed by atoms with Crippen molar-refractivity contribution in [3.05, 3.63) is 66.0 Å². The van der Waals surface area contributed by atoms with Crippen LogP contribution in [0.5, 0.6) is 0 Å². The summed E-state index contributed by atoms with van der Waals surface area (Å²) in [4.78, 5) is 15.8. The van der Waals surface area contributed by atoms with E-state index in [1.165, 1.54) is 5.56 Å². The van der Waals surface area contributed by atoms with Crippen LogP contribution in [0.25, 0.3) is 0 Å². The lowest BCUT2D eigenvalue weighted by Crippen LogP contribution is -2.37. The lowest BCUT2D eigenvalue weighted by Gasteiger charge is -2.14. The van der Waals surface area contributed by atoms with Gasteiger partial charge in [-0.1, -0.05) is 30.3 Å². The van der Waals surface area contributed by atoms with Crippen LogP contribution < -0.4 is 10.6 Å². The van der Waals surface area contributed by atoms with Gasteiger partial charge in [0.05, 0.1) is 6.04 Å². The second-order valence-electron chi connectivity index (χ2n) is 4.99. The van der Waals surface area contributed by atoms with Gasteiger partial charge in [0, 0.05) is 18.9 Å². The summed E-state index contributed by atoms with van der Waals surface area (Å²) >= 11 is 0. The Kier molecular flexibility index (Phi) is 5.76. The van der Waals surface area contributed by atoms with Crippen LogP contribution in [0.15, 0.2) is 54.9 Å². The maximum absolute atomic E-state index is 11.8. The Bertz CT molecular complexity index is 542. The summed E-state index contributed by atoms with van der Waals surface area (Å²) in [5.41, 5.74) is 2.34. The molecule has 0 saturated carbocycles. The van der Waals surface area contributed by atoms with Crippen LogP contribution >= 0.6 is 0 Å². The van der Waals surface area contributed by atoms with Crippen molar-refractivity contribution in [2.75, 3.05) is 6.54 Å². The predicted molar refractivity (Wildman–Crippen MR) is 83.9 cm³/mol. The summed E-state index contributed by atoms with van der Waals surface area (Å²) in [6.07, 6.45) is 5.36. The van der Waals surface area contributed by atoms with Gasteiger partial charge in [0.15, 0.2) is 0 Å². The van der Waals surface area contributed by atoms with Crippen molar-refractivity contribution in [1.82, 2.24) is 15.6 Å². The number of aromatic nitrogens is 1. The summed E-state index contributed by atoms with van der Waals surface area (Å²) in [5.74, 6) is 0. The Morgan fingerprint density at radius 3 is 2.57 bits per heavy atom. The standard InChI is InChI=1S/C17H21N3O/c1-14(16-9-12-18-13-10-16)20-17(21)19-11-5-8-15-6-3-2-4-7-15/h2-4,6-7,9-10,12-14H,5,8,11H2,1H3,(H2,19,20,21). The van der Waals surface area contributed by atoms with Gasteiger partial charge in [0.2, 0.25) is 0 Å². The number of amides is 2. The minimum Gasteiger partial charge on any atom is -0.338 e. The van der Waals surface area contributed by atoms with Gasteiger partial charge in [-0.3, -0.25) is 4.98 Å². The molecule has 4 nitrogen and oxygen atoms in total. The summed E-state index contributed by atoms with van der Waals surface area (Å²) < 4.78 is 0. The second-order valence-corrected chi connectivity index (χ2v) is 4.99. The van der Waals surface area contributed by atoms with E-state index in [-0.39, 0.29) is 12.1 Å². The fraction of sp³-hybridized carbons (Fsp3) is 0.294. The zero-order valence-electron chi connectivity index (χ0n) is 12.3. The molecular weight excluding hydrogens is 262 g/mol. The molecule has 0 aliphatic carbocycles. The van der Waals surface area contributed by atoms with Gasteiger partial charge in [-0.25, -0.2) is 4.79 Å². The molecule has 0 saturated heterocycles. The first-order chi connectivity index (χ1) is 10.3. The molecule has 0 fully saturated rings. The molecule has 2 N–H and O–H groups in total. The average Bonchev–Trinajstić information content (AvgIpc) is 2.53. The number of hydrogen-bond donors (Lipinski definition) is 2. The van der Waals surface area contributed by atoms with Crippen LogP contribution in [-0.2, 0) is 6.42 Å². The number of pyridine rings is 1. The molecule has 0 aliphatic rings. The summed E-state index contributed by atoms with van der Waals surface area (Å²) in [6, 6.07) is 13.9. The maximum atomic E-state index is 11.8. The van der Waals surface area contributed by atoms with Gasteiger partial charge in [-0.15, -0.1) is 0 Å². The highest BCUT2D eigenvalue weighted by atomic mass is 16.2. The van der Waals surface area contributed by atoms with E-state index in [4.69, 9.17) is 0 Å². The van der Waals surface area contributed by atoms with Crippen molar-refractivity contribution in [2.24, 2.45) is 0 Å². The molecular formula is C17H21N3O. The number of rotatable bonds is 6. The number of carbonyl (C=O) groups is 1. The first-order valence-corrected chi connectivity index (χ1v) is 7.24. The van der Waals surface area contributed by atoms with Crippen molar-refractivity contribution in [1.29, 1.82) is 0 Å². The molecule has 2 aromatic rings. The smallest absolute Gasteiger partial charge is 0.315 e. The van der Waals surface area contributed by atoms with Crippen LogP contribution in [0.1, 0.15) is 30.5 Å². The van der Waals surface area contributed by atoms with Gasteiger partial charge in [0.1, 0.15) is 0 Å². The van der Waals surface area contributed by atoms with Crippen molar-refractivity contribution in [2.45, 2.75) is 25.8 Å². The maximum Gasteiger partial charge on any atom is 0.315 e. The van der Waals surface area contributed by atoms with E-state index in [1.807, 2.05) is 37.3 Å². The molecule has 0 spiro atoms. The van der Waals surface area contributed by atoms with Gasteiger partial charge in [-0.2, -0.15) is 0 Å². The molecule has 1 atom stereocenters. The molecule has 1 aromatic carbocycles. The molecule has 1 aromatic heterocycles. The van der Waals surface area contributed by atoms with E-state index in [2.05, 4.69) is 27.8 Å². The molecule has 4 heteroatoms. The lowest BCUT2D eigenvalue weighted by atomic mass is 10.1. The van der Waals surface area contributed by atoms with Gasteiger partial charge < -0.3 is 10.6 Å². The van der Waals surface area contributed by atoms with Gasteiger partial charge >= 0.3 is 6.03 Å². The molecule has 21 heavy (non-hydrogen) atoms. The highest BCUT2D eigenvalue weighted by Gasteiger charge is 2.08. The van der Waals surface area contributed by atoms with E-state index in [1.54, 1.807) is 12.4 Å². The molecule has 2 rings (SSSR count). The molecule has 0 radical (unpaired) electrons. The molecule has 1 unspecified atom stereocenters. The zero-order chi connectivity index (χ0) is 14.9. The largest absolute Gasteiger partial charge is 0.338 e. The highest BCUT2D eigenvalue weighted by Crippen LogP contribution is 2.09. The summed E-state index contributed by atoms with van der Waals surface area (Å²) in [5, 5.41) is 5.80. The lowest BCUT2D eigenvalue weighted by molar-refractivity contribution is 0.238. The molecule has 0 aliphatic heterocycles. The molecule has 2 amide bonds. The molecule has 1 heterocycles.